The molecule has 2 aromatic rings. The zero-order chi connectivity index (χ0) is 22.2. The van der Waals surface area contributed by atoms with Gasteiger partial charge in [-0.1, -0.05) is 0 Å². The first-order chi connectivity index (χ1) is 15.0. The second-order valence-corrected chi connectivity index (χ2v) is 7.16. The lowest BCUT2D eigenvalue weighted by Gasteiger charge is -2.34. The summed E-state index contributed by atoms with van der Waals surface area (Å²) >= 11 is 0. The van der Waals surface area contributed by atoms with Gasteiger partial charge in [-0.15, -0.1) is 0 Å². The molecule has 1 aromatic heterocycles. The zero-order valence-electron chi connectivity index (χ0n) is 17.7. The van der Waals surface area contributed by atoms with Gasteiger partial charge in [-0.3, -0.25) is 9.59 Å². The highest BCUT2D eigenvalue weighted by Gasteiger charge is 2.22. The Bertz CT molecular complexity index is 928. The third kappa shape index (κ3) is 5.91. The summed E-state index contributed by atoms with van der Waals surface area (Å²) in [5, 5.41) is 8.01. The molecule has 0 unspecified atom stereocenters. The van der Waals surface area contributed by atoms with Crippen LogP contribution in [-0.2, 0) is 4.79 Å². The Morgan fingerprint density at radius 2 is 1.77 bits per heavy atom. The first-order valence-corrected chi connectivity index (χ1v) is 10.1. The van der Waals surface area contributed by atoms with Crippen LogP contribution in [0.2, 0.25) is 0 Å². The van der Waals surface area contributed by atoms with E-state index in [4.69, 9.17) is 0 Å². The van der Waals surface area contributed by atoms with Crippen LogP contribution in [0.4, 0.5) is 16.4 Å². The number of aryl methyl sites for hydroxylation is 1. The number of aromatic nitrogens is 2. The topological polar surface area (TPSA) is 120 Å². The van der Waals surface area contributed by atoms with E-state index in [0.29, 0.717) is 43.4 Å². The van der Waals surface area contributed by atoms with Crippen LogP contribution in [0.3, 0.4) is 0 Å². The number of anilines is 2. The summed E-state index contributed by atoms with van der Waals surface area (Å²) < 4.78 is 0. The van der Waals surface area contributed by atoms with Crippen LogP contribution in [0.25, 0.3) is 0 Å². The fraction of sp³-hybridized carbons (Fsp3) is 0.381. The predicted octanol–water partition coefficient (Wildman–Crippen LogP) is 1.01. The van der Waals surface area contributed by atoms with Crippen LogP contribution in [0.15, 0.2) is 36.7 Å². The van der Waals surface area contributed by atoms with Crippen molar-refractivity contribution in [2.24, 2.45) is 0 Å². The zero-order valence-corrected chi connectivity index (χ0v) is 17.7. The number of carbonyl (C=O) groups excluding carboxylic acids is 3. The molecule has 2 heterocycles. The number of carbonyl (C=O) groups is 3. The van der Waals surface area contributed by atoms with Crippen LogP contribution < -0.4 is 20.9 Å². The van der Waals surface area contributed by atoms with Gasteiger partial charge >= 0.3 is 6.03 Å². The lowest BCUT2D eigenvalue weighted by atomic mass is 10.1. The van der Waals surface area contributed by atoms with Gasteiger partial charge in [-0.25, -0.2) is 14.8 Å². The monoisotopic (exact) mass is 425 g/mol. The number of hydrogen-bond acceptors (Lipinski definition) is 6. The Balaban J connectivity index is 1.39. The van der Waals surface area contributed by atoms with Crippen molar-refractivity contribution in [1.29, 1.82) is 0 Å². The molecule has 0 spiro atoms. The average Bonchev–Trinajstić information content (AvgIpc) is 2.80. The van der Waals surface area contributed by atoms with E-state index in [1.807, 2.05) is 11.8 Å². The number of urea groups is 1. The molecule has 10 heteroatoms. The third-order valence-electron chi connectivity index (χ3n) is 5.06. The Hall–Kier alpha value is -3.69. The fourth-order valence-electron chi connectivity index (χ4n) is 3.31. The van der Waals surface area contributed by atoms with Gasteiger partial charge < -0.3 is 25.8 Å². The standard InChI is InChI=1S/C21H27N7O3/c1-15-14-16(19(30)22-2)4-5-17(15)26-21(31)25-9-6-18(29)27-10-12-28(13-11-27)20-23-7-3-8-24-20/h3-5,7-8,14H,6,9-13H2,1-2H3,(H,22,30)(H2,25,26,31). The molecule has 4 amide bonds. The number of nitrogens with one attached hydrogen (secondary N) is 3. The van der Waals surface area contributed by atoms with E-state index in [0.717, 1.165) is 5.56 Å². The van der Waals surface area contributed by atoms with E-state index in [1.54, 1.807) is 48.6 Å². The molecular formula is C21H27N7O3. The van der Waals surface area contributed by atoms with E-state index in [-0.39, 0.29) is 24.8 Å². The molecule has 0 aliphatic carbocycles. The minimum Gasteiger partial charge on any atom is -0.355 e. The van der Waals surface area contributed by atoms with Crippen LogP contribution in [0.5, 0.6) is 0 Å². The Kier molecular flexibility index (Phi) is 7.36. The van der Waals surface area contributed by atoms with Crippen molar-refractivity contribution in [2.75, 3.05) is 50.0 Å². The van der Waals surface area contributed by atoms with Gasteiger partial charge in [0.25, 0.3) is 5.91 Å². The minimum atomic E-state index is -0.394. The number of rotatable bonds is 6. The molecule has 31 heavy (non-hydrogen) atoms. The van der Waals surface area contributed by atoms with Crippen molar-refractivity contribution in [3.8, 4) is 0 Å². The highest BCUT2D eigenvalue weighted by Crippen LogP contribution is 2.16. The molecule has 1 saturated heterocycles. The molecule has 3 N–H and O–H groups in total. The van der Waals surface area contributed by atoms with Gasteiger partial charge in [0.1, 0.15) is 0 Å². The molecule has 1 fully saturated rings. The molecule has 0 saturated carbocycles. The normalized spacial score (nSPS) is 13.5. The lowest BCUT2D eigenvalue weighted by molar-refractivity contribution is -0.131. The number of benzene rings is 1. The van der Waals surface area contributed by atoms with Crippen LogP contribution in [0.1, 0.15) is 22.3 Å². The van der Waals surface area contributed by atoms with Gasteiger partial charge in [0, 0.05) is 69.8 Å². The van der Waals surface area contributed by atoms with E-state index in [9.17, 15) is 14.4 Å². The number of piperazine rings is 1. The van der Waals surface area contributed by atoms with Gasteiger partial charge in [0.2, 0.25) is 11.9 Å². The Labute approximate surface area is 181 Å². The number of nitrogens with zero attached hydrogens (tertiary/aromatic N) is 4. The Morgan fingerprint density at radius 1 is 1.06 bits per heavy atom. The molecular weight excluding hydrogens is 398 g/mol. The lowest BCUT2D eigenvalue weighted by Crippen LogP contribution is -2.49. The maximum atomic E-state index is 12.4. The predicted molar refractivity (Wildman–Crippen MR) is 117 cm³/mol. The van der Waals surface area contributed by atoms with Crippen molar-refractivity contribution < 1.29 is 14.4 Å². The molecule has 0 bridgehead atoms. The molecule has 10 nitrogen and oxygen atoms in total. The largest absolute Gasteiger partial charge is 0.355 e. The van der Waals surface area contributed by atoms with Gasteiger partial charge in [-0.05, 0) is 36.8 Å². The highest BCUT2D eigenvalue weighted by molar-refractivity contribution is 5.96. The average molecular weight is 425 g/mol. The van der Waals surface area contributed by atoms with Crippen LogP contribution in [-0.4, -0.2) is 72.5 Å². The SMILES string of the molecule is CNC(=O)c1ccc(NC(=O)NCCC(=O)N2CCN(c3ncccn3)CC2)c(C)c1. The van der Waals surface area contributed by atoms with Crippen molar-refractivity contribution in [3.63, 3.8) is 0 Å². The van der Waals surface area contributed by atoms with Gasteiger partial charge in [0.05, 0.1) is 0 Å². The molecule has 164 valence electrons. The second kappa shape index (κ2) is 10.4. The quantitative estimate of drug-likeness (QED) is 0.635. The van der Waals surface area contributed by atoms with Gasteiger partial charge in [-0.2, -0.15) is 0 Å². The second-order valence-electron chi connectivity index (χ2n) is 7.16. The maximum absolute atomic E-state index is 12.4. The first kappa shape index (κ1) is 22.0. The molecule has 0 radical (unpaired) electrons. The highest BCUT2D eigenvalue weighted by atomic mass is 16.2. The molecule has 1 aliphatic rings. The summed E-state index contributed by atoms with van der Waals surface area (Å²) in [5.74, 6) is 0.487. The van der Waals surface area contributed by atoms with Crippen molar-refractivity contribution in [2.45, 2.75) is 13.3 Å². The number of amides is 4. The van der Waals surface area contributed by atoms with E-state index >= 15 is 0 Å². The maximum Gasteiger partial charge on any atom is 0.319 e. The summed E-state index contributed by atoms with van der Waals surface area (Å²) in [6.07, 6.45) is 3.63. The van der Waals surface area contributed by atoms with Crippen LogP contribution in [0, 0.1) is 6.92 Å². The first-order valence-electron chi connectivity index (χ1n) is 10.1. The number of hydrogen-bond donors (Lipinski definition) is 3. The third-order valence-corrected chi connectivity index (χ3v) is 5.06. The summed E-state index contributed by atoms with van der Waals surface area (Å²) in [5.41, 5.74) is 1.90. The fourth-order valence-corrected chi connectivity index (χ4v) is 3.31. The summed E-state index contributed by atoms with van der Waals surface area (Å²) in [4.78, 5) is 48.6. The Morgan fingerprint density at radius 3 is 2.42 bits per heavy atom. The summed E-state index contributed by atoms with van der Waals surface area (Å²) in [7, 11) is 1.57. The van der Waals surface area contributed by atoms with E-state index < -0.39 is 6.03 Å². The van der Waals surface area contributed by atoms with Gasteiger partial charge in [0.15, 0.2) is 0 Å². The summed E-state index contributed by atoms with van der Waals surface area (Å²) in [6.45, 7) is 4.60. The van der Waals surface area contributed by atoms with E-state index in [1.165, 1.54) is 0 Å². The summed E-state index contributed by atoms with van der Waals surface area (Å²) in [6, 6.07) is 6.41. The van der Waals surface area contributed by atoms with Crippen molar-refractivity contribution >= 4 is 29.5 Å². The van der Waals surface area contributed by atoms with Crippen LogP contribution >= 0.6 is 0 Å². The molecule has 3 rings (SSSR count). The smallest absolute Gasteiger partial charge is 0.319 e. The van der Waals surface area contributed by atoms with Crippen molar-refractivity contribution in [1.82, 2.24) is 25.5 Å². The molecule has 0 atom stereocenters. The van der Waals surface area contributed by atoms with E-state index in [2.05, 4.69) is 25.9 Å². The minimum absolute atomic E-state index is 0.0000385. The van der Waals surface area contributed by atoms with Crippen molar-refractivity contribution in [3.05, 3.63) is 47.8 Å². The molecule has 1 aromatic carbocycles. The molecule has 1 aliphatic heterocycles.